The number of rotatable bonds is 1. The van der Waals surface area contributed by atoms with Crippen LogP contribution in [0.4, 0.5) is 5.69 Å². The maximum atomic E-state index is 3.49. The SMILES string of the molecule is C[C@@H]1CN[C@@H](C)CN1c1ccccc1. The number of piperazine rings is 1. The second kappa shape index (κ2) is 4.01. The molecule has 0 bridgehead atoms. The summed E-state index contributed by atoms with van der Waals surface area (Å²) in [5, 5.41) is 3.49. The summed E-state index contributed by atoms with van der Waals surface area (Å²) in [5.41, 5.74) is 1.34. The van der Waals surface area contributed by atoms with Crippen molar-refractivity contribution in [3.8, 4) is 0 Å². The topological polar surface area (TPSA) is 15.3 Å². The lowest BCUT2D eigenvalue weighted by Crippen LogP contribution is -2.54. The van der Waals surface area contributed by atoms with E-state index in [9.17, 15) is 0 Å². The van der Waals surface area contributed by atoms with Crippen molar-refractivity contribution in [1.29, 1.82) is 0 Å². The van der Waals surface area contributed by atoms with E-state index < -0.39 is 0 Å². The molecule has 2 rings (SSSR count). The van der Waals surface area contributed by atoms with Gasteiger partial charge in [-0.25, -0.2) is 0 Å². The fourth-order valence-corrected chi connectivity index (χ4v) is 2.00. The van der Waals surface area contributed by atoms with Gasteiger partial charge < -0.3 is 10.2 Å². The van der Waals surface area contributed by atoms with Crippen LogP contribution in [0, 0.1) is 0 Å². The van der Waals surface area contributed by atoms with Crippen LogP contribution in [0.25, 0.3) is 0 Å². The summed E-state index contributed by atoms with van der Waals surface area (Å²) in [6.07, 6.45) is 0. The molecule has 0 saturated carbocycles. The zero-order chi connectivity index (χ0) is 9.97. The third-order valence-corrected chi connectivity index (χ3v) is 2.85. The van der Waals surface area contributed by atoms with Crippen LogP contribution in [-0.2, 0) is 0 Å². The number of nitrogens with one attached hydrogen (secondary N) is 1. The first-order valence-electron chi connectivity index (χ1n) is 5.32. The third-order valence-electron chi connectivity index (χ3n) is 2.85. The molecule has 14 heavy (non-hydrogen) atoms. The molecule has 1 N–H and O–H groups in total. The van der Waals surface area contributed by atoms with E-state index in [0.29, 0.717) is 12.1 Å². The van der Waals surface area contributed by atoms with Crippen molar-refractivity contribution in [3.05, 3.63) is 30.3 Å². The van der Waals surface area contributed by atoms with E-state index in [1.807, 2.05) is 0 Å². The van der Waals surface area contributed by atoms with Crippen molar-refractivity contribution in [2.75, 3.05) is 18.0 Å². The van der Waals surface area contributed by atoms with Crippen LogP contribution >= 0.6 is 0 Å². The molecule has 0 amide bonds. The molecule has 76 valence electrons. The van der Waals surface area contributed by atoms with E-state index in [4.69, 9.17) is 0 Å². The van der Waals surface area contributed by atoms with Gasteiger partial charge in [-0.3, -0.25) is 0 Å². The monoisotopic (exact) mass is 190 g/mol. The van der Waals surface area contributed by atoms with Crippen molar-refractivity contribution in [1.82, 2.24) is 5.32 Å². The Labute approximate surface area is 85.9 Å². The standard InChI is InChI=1S/C12H18N2/c1-10-9-14(11(2)8-13-10)12-6-4-3-5-7-12/h3-7,10-11,13H,8-9H2,1-2H3/t10-,11+/m0/s1. The second-order valence-corrected chi connectivity index (χ2v) is 4.15. The molecule has 1 aliphatic rings. The molecule has 1 saturated heterocycles. The summed E-state index contributed by atoms with van der Waals surface area (Å²) in [6, 6.07) is 11.8. The molecule has 1 aromatic rings. The smallest absolute Gasteiger partial charge is 0.0387 e. The molecule has 1 fully saturated rings. The minimum atomic E-state index is 0.589. The van der Waals surface area contributed by atoms with Crippen molar-refractivity contribution in [3.63, 3.8) is 0 Å². The molecule has 1 aromatic carbocycles. The van der Waals surface area contributed by atoms with Gasteiger partial charge in [-0.1, -0.05) is 18.2 Å². The van der Waals surface area contributed by atoms with Crippen LogP contribution in [0.3, 0.4) is 0 Å². The van der Waals surface area contributed by atoms with Crippen LogP contribution in [0.15, 0.2) is 30.3 Å². The van der Waals surface area contributed by atoms with Gasteiger partial charge in [0.05, 0.1) is 0 Å². The lowest BCUT2D eigenvalue weighted by molar-refractivity contribution is 0.425. The first kappa shape index (κ1) is 9.53. The molecule has 0 radical (unpaired) electrons. The molecule has 2 nitrogen and oxygen atoms in total. The summed E-state index contributed by atoms with van der Waals surface area (Å²) in [6.45, 7) is 6.69. The zero-order valence-corrected chi connectivity index (χ0v) is 8.90. The predicted molar refractivity (Wildman–Crippen MR) is 60.7 cm³/mol. The van der Waals surface area contributed by atoms with E-state index in [1.165, 1.54) is 5.69 Å². The van der Waals surface area contributed by atoms with Crippen molar-refractivity contribution < 1.29 is 0 Å². The lowest BCUT2D eigenvalue weighted by atomic mass is 10.1. The number of nitrogens with zero attached hydrogens (tertiary/aromatic N) is 1. The summed E-state index contributed by atoms with van der Waals surface area (Å²) >= 11 is 0. The van der Waals surface area contributed by atoms with E-state index in [-0.39, 0.29) is 0 Å². The van der Waals surface area contributed by atoms with E-state index >= 15 is 0 Å². The zero-order valence-electron chi connectivity index (χ0n) is 8.90. The lowest BCUT2D eigenvalue weighted by Gasteiger charge is -2.39. The number of anilines is 1. The normalized spacial score (nSPS) is 27.7. The van der Waals surface area contributed by atoms with Gasteiger partial charge >= 0.3 is 0 Å². The summed E-state index contributed by atoms with van der Waals surface area (Å²) in [7, 11) is 0. The first-order valence-corrected chi connectivity index (χ1v) is 5.32. The first-order chi connectivity index (χ1) is 6.77. The number of para-hydroxylation sites is 1. The molecule has 1 heterocycles. The quantitative estimate of drug-likeness (QED) is 0.727. The van der Waals surface area contributed by atoms with Crippen LogP contribution in [0.5, 0.6) is 0 Å². The van der Waals surface area contributed by atoms with Gasteiger partial charge in [0.15, 0.2) is 0 Å². The molecule has 0 spiro atoms. The summed E-state index contributed by atoms with van der Waals surface area (Å²) in [5.74, 6) is 0. The van der Waals surface area contributed by atoms with Gasteiger partial charge in [0.1, 0.15) is 0 Å². The highest BCUT2D eigenvalue weighted by atomic mass is 15.2. The summed E-state index contributed by atoms with van der Waals surface area (Å²) in [4.78, 5) is 2.47. The molecule has 1 aliphatic heterocycles. The summed E-state index contributed by atoms with van der Waals surface area (Å²) < 4.78 is 0. The minimum Gasteiger partial charge on any atom is -0.366 e. The number of hydrogen-bond acceptors (Lipinski definition) is 2. The van der Waals surface area contributed by atoms with Crippen LogP contribution < -0.4 is 10.2 Å². The Hall–Kier alpha value is -1.02. The predicted octanol–water partition coefficient (Wildman–Crippen LogP) is 1.87. The largest absolute Gasteiger partial charge is 0.366 e. The Balaban J connectivity index is 2.16. The maximum Gasteiger partial charge on any atom is 0.0387 e. The Kier molecular flexibility index (Phi) is 2.73. The Morgan fingerprint density at radius 2 is 1.93 bits per heavy atom. The highest BCUT2D eigenvalue weighted by Gasteiger charge is 2.21. The number of hydrogen-bond donors (Lipinski definition) is 1. The molecule has 2 heteroatoms. The van der Waals surface area contributed by atoms with Gasteiger partial charge in [0.25, 0.3) is 0 Å². The molecular weight excluding hydrogens is 172 g/mol. The molecular formula is C12H18N2. The second-order valence-electron chi connectivity index (χ2n) is 4.15. The molecule has 0 unspecified atom stereocenters. The van der Waals surface area contributed by atoms with Gasteiger partial charge in [-0.15, -0.1) is 0 Å². The highest BCUT2D eigenvalue weighted by Crippen LogP contribution is 2.18. The van der Waals surface area contributed by atoms with Gasteiger partial charge in [0.2, 0.25) is 0 Å². The van der Waals surface area contributed by atoms with Crippen molar-refractivity contribution >= 4 is 5.69 Å². The van der Waals surface area contributed by atoms with E-state index in [0.717, 1.165) is 13.1 Å². The highest BCUT2D eigenvalue weighted by molar-refractivity contribution is 5.47. The van der Waals surface area contributed by atoms with Gasteiger partial charge in [-0.05, 0) is 26.0 Å². The fourth-order valence-electron chi connectivity index (χ4n) is 2.00. The van der Waals surface area contributed by atoms with Gasteiger partial charge in [0, 0.05) is 30.9 Å². The molecule has 2 atom stereocenters. The fraction of sp³-hybridized carbons (Fsp3) is 0.500. The third kappa shape index (κ3) is 1.90. The van der Waals surface area contributed by atoms with Crippen LogP contribution in [-0.4, -0.2) is 25.2 Å². The molecule has 0 aromatic heterocycles. The maximum absolute atomic E-state index is 3.49. The average Bonchev–Trinajstić information content (AvgIpc) is 2.23. The van der Waals surface area contributed by atoms with Crippen molar-refractivity contribution in [2.24, 2.45) is 0 Å². The Morgan fingerprint density at radius 1 is 1.21 bits per heavy atom. The van der Waals surface area contributed by atoms with E-state index in [1.54, 1.807) is 0 Å². The number of benzene rings is 1. The molecule has 0 aliphatic carbocycles. The minimum absolute atomic E-state index is 0.589. The van der Waals surface area contributed by atoms with E-state index in [2.05, 4.69) is 54.4 Å². The van der Waals surface area contributed by atoms with Crippen LogP contribution in [0.2, 0.25) is 0 Å². The Morgan fingerprint density at radius 3 is 2.64 bits per heavy atom. The Bertz CT molecular complexity index is 284. The van der Waals surface area contributed by atoms with Gasteiger partial charge in [-0.2, -0.15) is 0 Å². The van der Waals surface area contributed by atoms with Crippen LogP contribution in [0.1, 0.15) is 13.8 Å². The average molecular weight is 190 g/mol. The van der Waals surface area contributed by atoms with Crippen molar-refractivity contribution in [2.45, 2.75) is 25.9 Å².